The monoisotopic (exact) mass is 461 g/mol. The molecule has 34 heavy (non-hydrogen) atoms. The number of nitrogens with zero attached hydrogens (tertiary/aromatic N) is 6. The van der Waals surface area contributed by atoms with Crippen LogP contribution in [0.5, 0.6) is 0 Å². The summed E-state index contributed by atoms with van der Waals surface area (Å²) in [7, 11) is 4.09. The number of carbonyl (C=O) groups is 1. The van der Waals surface area contributed by atoms with E-state index >= 15 is 0 Å². The number of aryl methyl sites for hydroxylation is 2. The molecule has 3 aromatic heterocycles. The summed E-state index contributed by atoms with van der Waals surface area (Å²) in [5.41, 5.74) is 3.91. The van der Waals surface area contributed by atoms with Crippen molar-refractivity contribution in [2.24, 2.45) is 7.05 Å². The molecule has 1 spiro atoms. The van der Waals surface area contributed by atoms with Crippen molar-refractivity contribution in [2.75, 3.05) is 36.9 Å². The van der Waals surface area contributed by atoms with Crippen LogP contribution in [0.2, 0.25) is 0 Å². The molecule has 0 saturated carbocycles. The number of rotatable bonds is 3. The van der Waals surface area contributed by atoms with E-state index in [1.54, 1.807) is 28.4 Å². The Kier molecular flexibility index (Phi) is 4.67. The molecule has 1 aromatic carbocycles. The van der Waals surface area contributed by atoms with E-state index in [1.165, 1.54) is 19.0 Å². The van der Waals surface area contributed by atoms with Gasteiger partial charge >= 0.3 is 0 Å². The lowest BCUT2D eigenvalue weighted by Gasteiger charge is -2.55. The Labute approximate surface area is 197 Å². The number of carbonyl (C=O) groups excluding carboxylic acids is 1. The van der Waals surface area contributed by atoms with Crippen LogP contribution in [0.25, 0.3) is 16.6 Å². The van der Waals surface area contributed by atoms with Gasteiger partial charge in [-0.15, -0.1) is 0 Å². The third-order valence-electron chi connectivity index (χ3n) is 7.65. The fraction of sp³-hybridized carbons (Fsp3) is 0.400. The number of nitrogens with one attached hydrogen (secondary N) is 1. The third-order valence-corrected chi connectivity index (χ3v) is 7.65. The summed E-state index contributed by atoms with van der Waals surface area (Å²) in [6.45, 7) is 4.97. The van der Waals surface area contributed by atoms with Crippen LogP contribution in [0, 0.1) is 12.7 Å². The highest BCUT2D eigenvalue weighted by Gasteiger charge is 2.44. The van der Waals surface area contributed by atoms with Crippen LogP contribution in [0.3, 0.4) is 0 Å². The summed E-state index contributed by atoms with van der Waals surface area (Å²) in [6, 6.07) is 5.14. The molecule has 0 atom stereocenters. The highest BCUT2D eigenvalue weighted by Crippen LogP contribution is 2.40. The van der Waals surface area contributed by atoms with Crippen LogP contribution < -0.4 is 10.2 Å². The number of aromatic nitrogens is 4. The summed E-state index contributed by atoms with van der Waals surface area (Å²) in [6.07, 6.45) is 8.95. The molecule has 8 nitrogen and oxygen atoms in total. The van der Waals surface area contributed by atoms with Crippen LogP contribution >= 0.6 is 0 Å². The average molecular weight is 462 g/mol. The van der Waals surface area contributed by atoms with Gasteiger partial charge in [0.25, 0.3) is 5.91 Å². The van der Waals surface area contributed by atoms with Crippen molar-refractivity contribution in [1.29, 1.82) is 0 Å². The third kappa shape index (κ3) is 3.26. The lowest BCUT2D eigenvalue weighted by atomic mass is 9.77. The minimum Gasteiger partial charge on any atom is -0.371 e. The van der Waals surface area contributed by atoms with E-state index in [0.29, 0.717) is 28.0 Å². The van der Waals surface area contributed by atoms with Gasteiger partial charge in [0.05, 0.1) is 16.9 Å². The van der Waals surface area contributed by atoms with Crippen molar-refractivity contribution in [3.05, 3.63) is 53.9 Å². The zero-order valence-corrected chi connectivity index (χ0v) is 19.7. The van der Waals surface area contributed by atoms with Crippen LogP contribution in [0.4, 0.5) is 15.8 Å². The van der Waals surface area contributed by atoms with E-state index in [9.17, 15) is 9.18 Å². The number of benzene rings is 1. The largest absolute Gasteiger partial charge is 0.371 e. The predicted octanol–water partition coefficient (Wildman–Crippen LogP) is 3.60. The molecule has 0 unspecified atom stereocenters. The number of fused-ring (bicyclic) bond motifs is 2. The standard InChI is InChI=1S/C25H28FN7O/c1-16-13-33-14-17(12-20(26)23(33)27-16)28-24(34)18-4-5-21(19-15-31(3)29-22(18)19)32-10-7-25(8-11-32)6-9-30(25)2/h4-5,12-15H,6-11H2,1-3H3,(H,28,34). The summed E-state index contributed by atoms with van der Waals surface area (Å²) < 4.78 is 17.8. The minimum absolute atomic E-state index is 0.239. The maximum absolute atomic E-state index is 14.5. The first-order chi connectivity index (χ1) is 16.3. The molecule has 2 aliphatic rings. The molecular weight excluding hydrogens is 433 g/mol. The SMILES string of the molecule is Cc1cn2cc(NC(=O)c3ccc(N4CCC5(CC4)CCN5C)c4cn(C)nc34)cc(F)c2n1. The molecule has 2 fully saturated rings. The minimum atomic E-state index is -0.482. The van der Waals surface area contributed by atoms with Crippen LogP contribution in [0.15, 0.2) is 36.8 Å². The Morgan fingerprint density at radius 2 is 1.85 bits per heavy atom. The van der Waals surface area contributed by atoms with Crippen molar-refractivity contribution >= 4 is 33.8 Å². The Bertz CT molecular complexity index is 1430. The molecule has 9 heteroatoms. The number of hydrogen-bond acceptors (Lipinski definition) is 5. The van der Waals surface area contributed by atoms with Gasteiger partial charge in [0.1, 0.15) is 5.52 Å². The van der Waals surface area contributed by atoms with Gasteiger partial charge in [-0.1, -0.05) is 0 Å². The Balaban J connectivity index is 1.29. The Hall–Kier alpha value is -3.46. The molecule has 5 heterocycles. The van der Waals surface area contributed by atoms with Gasteiger partial charge in [-0.05, 0) is 45.4 Å². The Morgan fingerprint density at radius 1 is 1.09 bits per heavy atom. The quantitative estimate of drug-likeness (QED) is 0.505. The smallest absolute Gasteiger partial charge is 0.257 e. The number of halogens is 1. The van der Waals surface area contributed by atoms with E-state index in [0.717, 1.165) is 37.0 Å². The van der Waals surface area contributed by atoms with Gasteiger partial charge in [-0.2, -0.15) is 5.10 Å². The van der Waals surface area contributed by atoms with Gasteiger partial charge in [-0.25, -0.2) is 9.37 Å². The Morgan fingerprint density at radius 3 is 2.56 bits per heavy atom. The first kappa shape index (κ1) is 21.1. The van der Waals surface area contributed by atoms with Gasteiger partial charge < -0.3 is 19.5 Å². The zero-order valence-electron chi connectivity index (χ0n) is 19.7. The molecule has 2 aliphatic heterocycles. The zero-order chi connectivity index (χ0) is 23.6. The van der Waals surface area contributed by atoms with Gasteiger partial charge in [0.15, 0.2) is 11.5 Å². The van der Waals surface area contributed by atoms with Crippen LogP contribution in [0.1, 0.15) is 35.3 Å². The number of hydrogen-bond donors (Lipinski definition) is 1. The van der Waals surface area contributed by atoms with Crippen molar-refractivity contribution < 1.29 is 9.18 Å². The lowest BCUT2D eigenvalue weighted by molar-refractivity contribution is -0.00912. The van der Waals surface area contributed by atoms with Gasteiger partial charge in [0, 0.05) is 68.0 Å². The van der Waals surface area contributed by atoms with E-state index in [4.69, 9.17) is 0 Å². The molecule has 4 aromatic rings. The second kappa shape index (κ2) is 7.53. The number of anilines is 2. The van der Waals surface area contributed by atoms with Gasteiger partial charge in [-0.3, -0.25) is 9.48 Å². The molecule has 1 N–H and O–H groups in total. The van der Waals surface area contributed by atoms with Crippen LogP contribution in [-0.2, 0) is 7.05 Å². The number of likely N-dealkylation sites (tertiary alicyclic amines) is 1. The molecule has 0 bridgehead atoms. The lowest BCUT2D eigenvalue weighted by Crippen LogP contribution is -2.62. The topological polar surface area (TPSA) is 70.7 Å². The van der Waals surface area contributed by atoms with Crippen molar-refractivity contribution in [3.63, 3.8) is 0 Å². The van der Waals surface area contributed by atoms with Gasteiger partial charge in [0.2, 0.25) is 0 Å². The molecule has 0 radical (unpaired) electrons. The fourth-order valence-electron chi connectivity index (χ4n) is 5.56. The molecule has 1 amide bonds. The predicted molar refractivity (Wildman–Crippen MR) is 130 cm³/mol. The van der Waals surface area contributed by atoms with E-state index in [2.05, 4.69) is 32.2 Å². The summed E-state index contributed by atoms with van der Waals surface area (Å²) >= 11 is 0. The van der Waals surface area contributed by atoms with Crippen molar-refractivity contribution in [1.82, 2.24) is 24.1 Å². The molecule has 6 rings (SSSR count). The summed E-state index contributed by atoms with van der Waals surface area (Å²) in [4.78, 5) is 22.3. The second-order valence-electron chi connectivity index (χ2n) is 9.72. The highest BCUT2D eigenvalue weighted by atomic mass is 19.1. The number of pyridine rings is 1. The van der Waals surface area contributed by atoms with E-state index in [-0.39, 0.29) is 11.6 Å². The average Bonchev–Trinajstić information content (AvgIpc) is 3.39. The molecule has 2 saturated heterocycles. The molecular formula is C25H28FN7O. The molecule has 0 aliphatic carbocycles. The number of imidazole rings is 1. The maximum Gasteiger partial charge on any atom is 0.257 e. The maximum atomic E-state index is 14.5. The summed E-state index contributed by atoms with van der Waals surface area (Å²) in [5.74, 6) is -0.802. The summed E-state index contributed by atoms with van der Waals surface area (Å²) in [5, 5.41) is 8.40. The van der Waals surface area contributed by atoms with Crippen molar-refractivity contribution in [2.45, 2.75) is 31.7 Å². The van der Waals surface area contributed by atoms with E-state index < -0.39 is 5.82 Å². The highest BCUT2D eigenvalue weighted by molar-refractivity contribution is 6.13. The fourth-order valence-corrected chi connectivity index (χ4v) is 5.56. The first-order valence-corrected chi connectivity index (χ1v) is 11.7. The number of piperidine rings is 1. The van der Waals surface area contributed by atoms with Crippen molar-refractivity contribution in [3.8, 4) is 0 Å². The van der Waals surface area contributed by atoms with E-state index in [1.807, 2.05) is 25.4 Å². The normalized spacial score (nSPS) is 18.1. The first-order valence-electron chi connectivity index (χ1n) is 11.7. The number of amides is 1. The van der Waals surface area contributed by atoms with Crippen LogP contribution in [-0.4, -0.2) is 62.2 Å². The second-order valence-corrected chi connectivity index (χ2v) is 9.72. The molecule has 176 valence electrons.